The van der Waals surface area contributed by atoms with E-state index in [-0.39, 0.29) is 5.75 Å². The number of hydrogen-bond acceptors (Lipinski definition) is 2. The van der Waals surface area contributed by atoms with Crippen LogP contribution in [0.15, 0.2) is 35.1 Å². The fourth-order valence-corrected chi connectivity index (χ4v) is 2.38. The van der Waals surface area contributed by atoms with Gasteiger partial charge < -0.3 is 10.1 Å². The van der Waals surface area contributed by atoms with E-state index in [9.17, 15) is 9.90 Å². The van der Waals surface area contributed by atoms with Gasteiger partial charge in [-0.15, -0.1) is 0 Å². The summed E-state index contributed by atoms with van der Waals surface area (Å²) in [5, 5.41) is 11.2. The van der Waals surface area contributed by atoms with Crippen LogP contribution in [0.1, 0.15) is 0 Å². The van der Waals surface area contributed by atoms with Crippen molar-refractivity contribution in [2.45, 2.75) is 0 Å². The van der Waals surface area contributed by atoms with Crippen LogP contribution in [-0.2, 0) is 0 Å². The Balaban J connectivity index is 2.53. The molecule has 0 fully saturated rings. The summed E-state index contributed by atoms with van der Waals surface area (Å²) in [7, 11) is 0. The first kappa shape index (κ1) is 11.4. The molecule has 1 aromatic rings. The fraction of sp³-hybridized carbons (Fsp3) is 0. The third kappa shape index (κ3) is 1.64. The number of fused-ring (bicyclic) bond motifs is 2. The Hall–Kier alpha value is -1.71. The average molecular weight is 280 g/mol. The van der Waals surface area contributed by atoms with Gasteiger partial charge in [-0.3, -0.25) is 4.79 Å². The van der Waals surface area contributed by atoms with Crippen LogP contribution in [0, 0.1) is 0 Å². The predicted molar refractivity (Wildman–Crippen MR) is 72.9 cm³/mol. The summed E-state index contributed by atoms with van der Waals surface area (Å²) in [5.74, 6) is -0.353. The van der Waals surface area contributed by atoms with Crippen molar-refractivity contribution in [2.24, 2.45) is 0 Å². The van der Waals surface area contributed by atoms with Crippen molar-refractivity contribution >= 4 is 34.1 Å². The molecular formula is C13H7Cl2NO2. The van der Waals surface area contributed by atoms with Crippen LogP contribution in [0.25, 0.3) is 22.2 Å². The lowest BCUT2D eigenvalue weighted by Crippen LogP contribution is -2.07. The van der Waals surface area contributed by atoms with Crippen LogP contribution in [0.4, 0.5) is 0 Å². The average Bonchev–Trinajstić information content (AvgIpc) is 2.34. The van der Waals surface area contributed by atoms with Crippen molar-refractivity contribution in [1.82, 2.24) is 4.98 Å². The van der Waals surface area contributed by atoms with Gasteiger partial charge >= 0.3 is 0 Å². The van der Waals surface area contributed by atoms with E-state index in [1.807, 2.05) is 0 Å². The van der Waals surface area contributed by atoms with E-state index in [0.29, 0.717) is 21.3 Å². The maximum Gasteiger partial charge on any atom is 0.229 e. The van der Waals surface area contributed by atoms with Crippen LogP contribution in [0.2, 0.25) is 10.0 Å². The maximum absolute atomic E-state index is 11.8. The normalized spacial score (nSPS) is 11.2. The van der Waals surface area contributed by atoms with Gasteiger partial charge in [0.05, 0.1) is 16.3 Å². The Labute approximate surface area is 112 Å². The molecule has 0 spiro atoms. The van der Waals surface area contributed by atoms with E-state index in [1.165, 1.54) is 6.07 Å². The van der Waals surface area contributed by atoms with Gasteiger partial charge in [-0.05, 0) is 23.6 Å². The number of aromatic hydroxyl groups is 1. The van der Waals surface area contributed by atoms with Gasteiger partial charge in [0.1, 0.15) is 0 Å². The zero-order valence-corrected chi connectivity index (χ0v) is 10.5. The SMILES string of the molecule is O=c1c(O)cc(Cl)c2[nH]c3cc(Cl)ccc3cc1-2. The quantitative estimate of drug-likeness (QED) is 0.617. The molecule has 0 saturated heterocycles. The molecule has 0 saturated carbocycles. The van der Waals surface area contributed by atoms with E-state index in [2.05, 4.69) is 4.98 Å². The Morgan fingerprint density at radius 1 is 1.11 bits per heavy atom. The number of aromatic amines is 1. The first-order valence-corrected chi connectivity index (χ1v) is 5.95. The molecule has 1 aliphatic carbocycles. The molecule has 1 heterocycles. The molecule has 3 nitrogen and oxygen atoms in total. The minimum absolute atomic E-state index is 0.295. The first-order valence-electron chi connectivity index (χ1n) is 5.20. The Morgan fingerprint density at radius 2 is 1.89 bits per heavy atom. The zero-order valence-electron chi connectivity index (χ0n) is 9.00. The number of hydrogen-bond donors (Lipinski definition) is 2. The van der Waals surface area contributed by atoms with E-state index >= 15 is 0 Å². The van der Waals surface area contributed by atoms with E-state index < -0.39 is 5.43 Å². The van der Waals surface area contributed by atoms with Gasteiger partial charge in [0, 0.05) is 16.6 Å². The van der Waals surface area contributed by atoms with Crippen LogP contribution >= 0.6 is 23.2 Å². The molecular weight excluding hydrogens is 273 g/mol. The summed E-state index contributed by atoms with van der Waals surface area (Å²) >= 11 is 11.9. The third-order valence-electron chi connectivity index (χ3n) is 2.82. The number of aromatic nitrogens is 1. The molecule has 0 aromatic heterocycles. The topological polar surface area (TPSA) is 53.1 Å². The van der Waals surface area contributed by atoms with Crippen LogP contribution in [0.3, 0.4) is 0 Å². The number of H-pyrrole nitrogens is 1. The highest BCUT2D eigenvalue weighted by molar-refractivity contribution is 6.33. The summed E-state index contributed by atoms with van der Waals surface area (Å²) < 4.78 is 0. The molecule has 90 valence electrons. The minimum Gasteiger partial charge on any atom is -0.504 e. The number of halogens is 2. The van der Waals surface area contributed by atoms with Gasteiger partial charge in [-0.1, -0.05) is 29.3 Å². The molecule has 0 amide bonds. The second-order valence-electron chi connectivity index (χ2n) is 4.00. The lowest BCUT2D eigenvalue weighted by molar-refractivity contribution is 0.470. The molecule has 1 aromatic carbocycles. The van der Waals surface area contributed by atoms with Crippen LogP contribution in [-0.4, -0.2) is 10.1 Å². The number of pyridine rings is 1. The van der Waals surface area contributed by atoms with Gasteiger partial charge in [-0.25, -0.2) is 0 Å². The molecule has 18 heavy (non-hydrogen) atoms. The molecule has 0 unspecified atom stereocenters. The highest BCUT2D eigenvalue weighted by Gasteiger charge is 2.15. The monoisotopic (exact) mass is 279 g/mol. The minimum atomic E-state index is -0.442. The number of phenolic OH excluding ortho intramolecular Hbond substituents is 1. The smallest absolute Gasteiger partial charge is 0.229 e. The first-order chi connectivity index (χ1) is 8.56. The maximum atomic E-state index is 11.8. The van der Waals surface area contributed by atoms with E-state index in [4.69, 9.17) is 23.2 Å². The summed E-state index contributed by atoms with van der Waals surface area (Å²) in [6.07, 6.45) is 0. The second-order valence-corrected chi connectivity index (χ2v) is 4.84. The van der Waals surface area contributed by atoms with Crippen LogP contribution < -0.4 is 5.43 Å². The molecule has 2 aliphatic rings. The number of phenols is 1. The molecule has 1 aliphatic heterocycles. The number of benzene rings is 2. The van der Waals surface area contributed by atoms with Gasteiger partial charge in [0.2, 0.25) is 5.43 Å². The summed E-state index contributed by atoms with van der Waals surface area (Å²) in [4.78, 5) is 14.9. The standard InChI is InChI=1S/C13H7Cl2NO2/c14-7-2-1-6-3-8-12(16-10(6)4-7)9(15)5-11(17)13(8)18/h1-5,16-17H. The zero-order chi connectivity index (χ0) is 12.9. The number of nitrogens with one attached hydrogen (secondary N) is 1. The van der Waals surface area contributed by atoms with Gasteiger partial charge in [0.15, 0.2) is 5.75 Å². The molecule has 0 atom stereocenters. The predicted octanol–water partition coefficient (Wildman–Crippen LogP) is 3.65. The Morgan fingerprint density at radius 3 is 2.67 bits per heavy atom. The summed E-state index contributed by atoms with van der Waals surface area (Å²) in [6, 6.07) is 8.21. The third-order valence-corrected chi connectivity index (χ3v) is 3.36. The van der Waals surface area contributed by atoms with E-state index in [0.717, 1.165) is 10.9 Å². The lowest BCUT2D eigenvalue weighted by atomic mass is 10.1. The van der Waals surface area contributed by atoms with Crippen molar-refractivity contribution < 1.29 is 5.11 Å². The van der Waals surface area contributed by atoms with Crippen molar-refractivity contribution in [3.8, 4) is 17.0 Å². The molecule has 3 rings (SSSR count). The highest BCUT2D eigenvalue weighted by Crippen LogP contribution is 2.31. The summed E-state index contributed by atoms with van der Waals surface area (Å²) in [6.45, 7) is 0. The molecule has 2 N–H and O–H groups in total. The van der Waals surface area contributed by atoms with Crippen molar-refractivity contribution in [3.05, 3.63) is 50.6 Å². The highest BCUT2D eigenvalue weighted by atomic mass is 35.5. The van der Waals surface area contributed by atoms with Crippen molar-refractivity contribution in [2.75, 3.05) is 0 Å². The van der Waals surface area contributed by atoms with E-state index in [1.54, 1.807) is 24.3 Å². The second kappa shape index (κ2) is 3.90. The number of rotatable bonds is 0. The van der Waals surface area contributed by atoms with Gasteiger partial charge in [-0.2, -0.15) is 0 Å². The van der Waals surface area contributed by atoms with Crippen LogP contribution in [0.5, 0.6) is 5.75 Å². The van der Waals surface area contributed by atoms with Crippen molar-refractivity contribution in [1.29, 1.82) is 0 Å². The Bertz CT molecular complexity index is 795. The Kier molecular flexibility index (Phi) is 2.47. The molecule has 5 heteroatoms. The van der Waals surface area contributed by atoms with Gasteiger partial charge in [0.25, 0.3) is 0 Å². The van der Waals surface area contributed by atoms with Crippen molar-refractivity contribution in [3.63, 3.8) is 0 Å². The molecule has 0 bridgehead atoms. The molecule has 0 radical (unpaired) electrons. The lowest BCUT2D eigenvalue weighted by Gasteiger charge is -2.10. The fourth-order valence-electron chi connectivity index (χ4n) is 1.96. The summed E-state index contributed by atoms with van der Waals surface area (Å²) in [5.41, 5.74) is 1.19. The largest absolute Gasteiger partial charge is 0.504 e.